The Morgan fingerprint density at radius 3 is 2.33 bits per heavy atom. The second-order valence-corrected chi connectivity index (χ2v) is 5.88. The number of benzene rings is 2. The highest BCUT2D eigenvalue weighted by molar-refractivity contribution is 5.67. The fourth-order valence-electron chi connectivity index (χ4n) is 2.42. The molecule has 0 saturated heterocycles. The Balaban J connectivity index is 1.78. The van der Waals surface area contributed by atoms with Gasteiger partial charge < -0.3 is 15.2 Å². The molecule has 0 aromatic heterocycles. The molecule has 1 unspecified atom stereocenters. The van der Waals surface area contributed by atoms with E-state index in [9.17, 15) is 0 Å². The number of hydrogen-bond donors (Lipinski definition) is 1. The van der Waals surface area contributed by atoms with Gasteiger partial charge in [0.05, 0.1) is 0 Å². The molecule has 1 atom stereocenters. The van der Waals surface area contributed by atoms with Crippen LogP contribution in [0.2, 0.25) is 0 Å². The van der Waals surface area contributed by atoms with Gasteiger partial charge in [0.1, 0.15) is 0 Å². The standard InChI is InChI=1S/C18H21NO2/c1-12(2)16(19)9-13-3-5-14(6-4-13)15-7-8-17-18(10-15)21-11-20-17/h3-8,10,12,16H,9,11,19H2,1-2H3. The van der Waals surface area contributed by atoms with Crippen molar-refractivity contribution < 1.29 is 9.47 Å². The molecule has 2 N–H and O–H groups in total. The van der Waals surface area contributed by atoms with E-state index in [1.165, 1.54) is 11.1 Å². The highest BCUT2D eigenvalue weighted by Gasteiger charge is 2.14. The normalized spacial score (nSPS) is 14.5. The molecule has 0 radical (unpaired) electrons. The van der Waals surface area contributed by atoms with E-state index in [-0.39, 0.29) is 6.04 Å². The second-order valence-electron chi connectivity index (χ2n) is 5.88. The summed E-state index contributed by atoms with van der Waals surface area (Å²) in [5, 5.41) is 0. The molecule has 3 nitrogen and oxygen atoms in total. The first-order valence-electron chi connectivity index (χ1n) is 7.38. The van der Waals surface area contributed by atoms with E-state index in [4.69, 9.17) is 15.2 Å². The number of ether oxygens (including phenoxy) is 2. The molecular weight excluding hydrogens is 262 g/mol. The van der Waals surface area contributed by atoms with Crippen LogP contribution in [0, 0.1) is 5.92 Å². The van der Waals surface area contributed by atoms with Crippen molar-refractivity contribution in [3.8, 4) is 22.6 Å². The summed E-state index contributed by atoms with van der Waals surface area (Å²) in [6.45, 7) is 4.63. The second kappa shape index (κ2) is 5.78. The van der Waals surface area contributed by atoms with Crippen molar-refractivity contribution in [1.82, 2.24) is 0 Å². The van der Waals surface area contributed by atoms with Crippen molar-refractivity contribution in [3.05, 3.63) is 48.0 Å². The minimum atomic E-state index is 0.210. The molecule has 0 amide bonds. The highest BCUT2D eigenvalue weighted by atomic mass is 16.7. The average Bonchev–Trinajstić information content (AvgIpc) is 2.95. The molecule has 0 fully saturated rings. The molecule has 21 heavy (non-hydrogen) atoms. The Morgan fingerprint density at radius 2 is 1.62 bits per heavy atom. The summed E-state index contributed by atoms with van der Waals surface area (Å²) in [5.74, 6) is 2.13. The van der Waals surface area contributed by atoms with Crippen molar-refractivity contribution in [1.29, 1.82) is 0 Å². The molecule has 0 spiro atoms. The third-order valence-electron chi connectivity index (χ3n) is 3.99. The van der Waals surface area contributed by atoms with E-state index in [0.717, 1.165) is 23.5 Å². The molecule has 1 aliphatic heterocycles. The van der Waals surface area contributed by atoms with Gasteiger partial charge in [0, 0.05) is 6.04 Å². The Kier molecular flexibility index (Phi) is 3.84. The SMILES string of the molecule is CC(C)C(N)Cc1ccc(-c2ccc3c(c2)OCO3)cc1. The number of nitrogens with two attached hydrogens (primary N) is 1. The maximum Gasteiger partial charge on any atom is 0.231 e. The molecule has 110 valence electrons. The molecule has 1 aliphatic rings. The van der Waals surface area contributed by atoms with Crippen LogP contribution >= 0.6 is 0 Å². The fourth-order valence-corrected chi connectivity index (χ4v) is 2.42. The maximum atomic E-state index is 6.13. The zero-order valence-corrected chi connectivity index (χ0v) is 12.5. The molecule has 0 bridgehead atoms. The fraction of sp³-hybridized carbons (Fsp3) is 0.333. The molecule has 3 rings (SSSR count). The molecule has 2 aromatic carbocycles. The molecule has 0 saturated carbocycles. The van der Waals surface area contributed by atoms with Crippen LogP contribution in [0.5, 0.6) is 11.5 Å². The van der Waals surface area contributed by atoms with Crippen LogP contribution in [-0.2, 0) is 6.42 Å². The molecule has 0 aliphatic carbocycles. The van der Waals surface area contributed by atoms with Crippen molar-refractivity contribution in [2.75, 3.05) is 6.79 Å². The Hall–Kier alpha value is -2.00. The van der Waals surface area contributed by atoms with Crippen LogP contribution in [0.4, 0.5) is 0 Å². The lowest BCUT2D eigenvalue weighted by Crippen LogP contribution is -2.28. The van der Waals surface area contributed by atoms with Crippen molar-refractivity contribution >= 4 is 0 Å². The predicted octanol–water partition coefficient (Wildman–Crippen LogP) is 3.61. The Morgan fingerprint density at radius 1 is 0.952 bits per heavy atom. The summed E-state index contributed by atoms with van der Waals surface area (Å²) in [7, 11) is 0. The van der Waals surface area contributed by atoms with Crippen molar-refractivity contribution in [2.45, 2.75) is 26.3 Å². The topological polar surface area (TPSA) is 44.5 Å². The highest BCUT2D eigenvalue weighted by Crippen LogP contribution is 2.35. The summed E-state index contributed by atoms with van der Waals surface area (Å²) < 4.78 is 10.8. The van der Waals surface area contributed by atoms with E-state index in [0.29, 0.717) is 12.7 Å². The number of hydrogen-bond acceptors (Lipinski definition) is 3. The van der Waals surface area contributed by atoms with Gasteiger partial charge in [-0.05, 0) is 41.2 Å². The van der Waals surface area contributed by atoms with Crippen molar-refractivity contribution in [2.24, 2.45) is 11.7 Å². The van der Waals surface area contributed by atoms with Crippen LogP contribution in [0.3, 0.4) is 0 Å². The summed E-state index contributed by atoms with van der Waals surface area (Å²) in [5.41, 5.74) is 9.72. The van der Waals surface area contributed by atoms with Gasteiger partial charge in [-0.1, -0.05) is 44.2 Å². The first-order valence-corrected chi connectivity index (χ1v) is 7.38. The molecule has 3 heteroatoms. The van der Waals surface area contributed by atoms with Gasteiger partial charge in [0.2, 0.25) is 6.79 Å². The smallest absolute Gasteiger partial charge is 0.231 e. The van der Waals surface area contributed by atoms with Gasteiger partial charge in [0.25, 0.3) is 0 Å². The summed E-state index contributed by atoms with van der Waals surface area (Å²) in [6.07, 6.45) is 0.916. The first-order chi connectivity index (χ1) is 10.1. The minimum Gasteiger partial charge on any atom is -0.454 e. The van der Waals surface area contributed by atoms with E-state index < -0.39 is 0 Å². The lowest BCUT2D eigenvalue weighted by atomic mass is 9.96. The lowest BCUT2D eigenvalue weighted by molar-refractivity contribution is 0.174. The first kappa shape index (κ1) is 14.0. The zero-order valence-electron chi connectivity index (χ0n) is 12.5. The molecule has 2 aromatic rings. The van der Waals surface area contributed by atoms with Crippen LogP contribution in [0.1, 0.15) is 19.4 Å². The lowest BCUT2D eigenvalue weighted by Gasteiger charge is -2.15. The van der Waals surface area contributed by atoms with Crippen molar-refractivity contribution in [3.63, 3.8) is 0 Å². The summed E-state index contributed by atoms with van der Waals surface area (Å²) in [4.78, 5) is 0. The third kappa shape index (κ3) is 3.03. The summed E-state index contributed by atoms with van der Waals surface area (Å²) in [6, 6.07) is 14.8. The third-order valence-corrected chi connectivity index (χ3v) is 3.99. The van der Waals surface area contributed by atoms with Crippen LogP contribution in [0.15, 0.2) is 42.5 Å². The van der Waals surface area contributed by atoms with Gasteiger partial charge in [-0.2, -0.15) is 0 Å². The van der Waals surface area contributed by atoms with Gasteiger partial charge in [-0.25, -0.2) is 0 Å². The van der Waals surface area contributed by atoms with E-state index in [1.807, 2.05) is 12.1 Å². The van der Waals surface area contributed by atoms with E-state index >= 15 is 0 Å². The van der Waals surface area contributed by atoms with E-state index in [1.54, 1.807) is 0 Å². The predicted molar refractivity (Wildman–Crippen MR) is 84.5 cm³/mol. The maximum absolute atomic E-state index is 6.13. The van der Waals surface area contributed by atoms with Crippen LogP contribution < -0.4 is 15.2 Å². The van der Waals surface area contributed by atoms with Crippen LogP contribution in [-0.4, -0.2) is 12.8 Å². The zero-order chi connectivity index (χ0) is 14.8. The number of fused-ring (bicyclic) bond motifs is 1. The van der Waals surface area contributed by atoms with Gasteiger partial charge in [-0.15, -0.1) is 0 Å². The Labute approximate surface area is 125 Å². The quantitative estimate of drug-likeness (QED) is 0.932. The minimum absolute atomic E-state index is 0.210. The molecular formula is C18H21NO2. The van der Waals surface area contributed by atoms with Gasteiger partial charge in [-0.3, -0.25) is 0 Å². The van der Waals surface area contributed by atoms with Crippen LogP contribution in [0.25, 0.3) is 11.1 Å². The number of rotatable bonds is 4. The monoisotopic (exact) mass is 283 g/mol. The average molecular weight is 283 g/mol. The largest absolute Gasteiger partial charge is 0.454 e. The van der Waals surface area contributed by atoms with Gasteiger partial charge in [0.15, 0.2) is 11.5 Å². The van der Waals surface area contributed by atoms with E-state index in [2.05, 4.69) is 44.2 Å². The Bertz CT molecular complexity index is 620. The molecule has 1 heterocycles. The van der Waals surface area contributed by atoms with Gasteiger partial charge >= 0.3 is 0 Å². The summed E-state index contributed by atoms with van der Waals surface area (Å²) >= 11 is 0.